The van der Waals surface area contributed by atoms with Gasteiger partial charge in [-0.05, 0) is 42.4 Å². The van der Waals surface area contributed by atoms with Gasteiger partial charge in [0, 0.05) is 19.5 Å². The Balaban J connectivity index is 0.000001000. The third-order valence-electron chi connectivity index (χ3n) is 3.64. The molecular formula is C17H17ClOZn-. The van der Waals surface area contributed by atoms with Gasteiger partial charge in [-0.1, -0.05) is 42.1 Å². The van der Waals surface area contributed by atoms with Crippen molar-refractivity contribution in [1.82, 2.24) is 0 Å². The number of rotatable bonds is 1. The molecular weight excluding hydrogens is 321 g/mol. The van der Waals surface area contributed by atoms with E-state index in [1.165, 1.54) is 22.6 Å². The number of aryl methyl sites for hydroxylation is 2. The number of methoxy groups -OCH3 is 1. The molecule has 5 aliphatic carbocycles. The Kier molecular flexibility index (Phi) is 6.76. The maximum Gasteiger partial charge on any atom is 0.149 e. The molecule has 0 atom stereocenters. The minimum Gasteiger partial charge on any atom is -1.00 e. The van der Waals surface area contributed by atoms with Crippen molar-refractivity contribution in [3.63, 3.8) is 0 Å². The molecule has 0 unspecified atom stereocenters. The van der Waals surface area contributed by atoms with Crippen molar-refractivity contribution in [2.45, 2.75) is 25.7 Å². The summed E-state index contributed by atoms with van der Waals surface area (Å²) in [6.45, 7) is 0. The van der Waals surface area contributed by atoms with Gasteiger partial charge in [-0.25, -0.2) is 0 Å². The van der Waals surface area contributed by atoms with Crippen LogP contribution in [0.4, 0.5) is 0 Å². The van der Waals surface area contributed by atoms with Gasteiger partial charge in [-0.15, -0.1) is 0 Å². The van der Waals surface area contributed by atoms with Crippen molar-refractivity contribution in [2.24, 2.45) is 0 Å². The van der Waals surface area contributed by atoms with E-state index in [1.54, 1.807) is 7.11 Å². The van der Waals surface area contributed by atoms with Gasteiger partial charge in [0.05, 0.1) is 13.0 Å². The minimum absolute atomic E-state index is 0. The number of hydrogen-bond donors (Lipinski definition) is 0. The molecule has 0 amide bonds. The third-order valence-corrected chi connectivity index (χ3v) is 3.64. The van der Waals surface area contributed by atoms with Crippen molar-refractivity contribution < 1.29 is 36.6 Å². The molecule has 20 heavy (non-hydrogen) atoms. The first-order chi connectivity index (χ1) is 8.85. The first-order valence-electron chi connectivity index (χ1n) is 6.51. The Bertz CT molecular complexity index is 539. The molecule has 0 N–H and O–H groups in total. The molecule has 0 aromatic heterocycles. The van der Waals surface area contributed by atoms with Crippen molar-refractivity contribution in [3.8, 4) is 0 Å². The summed E-state index contributed by atoms with van der Waals surface area (Å²) >= 11 is 0. The first kappa shape index (κ1) is 17.2. The van der Waals surface area contributed by atoms with Crippen LogP contribution in [-0.2, 0) is 37.1 Å². The molecule has 4 bridgehead atoms. The fourth-order valence-electron chi connectivity index (χ4n) is 2.50. The van der Waals surface area contributed by atoms with Gasteiger partial charge in [0.25, 0.3) is 0 Å². The van der Waals surface area contributed by atoms with E-state index in [4.69, 9.17) is 4.74 Å². The molecule has 0 spiro atoms. The van der Waals surface area contributed by atoms with E-state index in [-0.39, 0.29) is 31.9 Å². The third kappa shape index (κ3) is 3.86. The zero-order chi connectivity index (χ0) is 12.4. The minimum atomic E-state index is 0. The molecule has 0 fully saturated rings. The molecule has 1 radical (unpaired) electrons. The standard InChI is InChI=1S/C17H17O.ClH.Zn/c1-18-17-12-15-7-6-13-2-4-14(5-3-13)8-10-16(17)11-9-15;;/h2-5,9,11H,6-8,10H2,1H3;1H;/p-1. The zero-order valence-corrected chi connectivity index (χ0v) is 15.5. The van der Waals surface area contributed by atoms with Gasteiger partial charge < -0.3 is 17.1 Å². The fraction of sp³-hybridized carbons (Fsp3) is 0.294. The maximum absolute atomic E-state index is 5.45. The molecule has 0 saturated heterocycles. The Hall–Kier alpha value is -0.807. The van der Waals surface area contributed by atoms with E-state index in [9.17, 15) is 0 Å². The van der Waals surface area contributed by atoms with Gasteiger partial charge in [0.2, 0.25) is 0 Å². The van der Waals surface area contributed by atoms with E-state index >= 15 is 0 Å². The van der Waals surface area contributed by atoms with Crippen LogP contribution < -0.4 is 12.4 Å². The normalized spacial score (nSPS) is 17.1. The predicted octanol–water partition coefficient (Wildman–Crippen LogP) is 0.767. The van der Waals surface area contributed by atoms with Gasteiger partial charge in [0.1, 0.15) is 5.76 Å². The Labute approximate surface area is 140 Å². The summed E-state index contributed by atoms with van der Waals surface area (Å²) in [5, 5.41) is 0. The summed E-state index contributed by atoms with van der Waals surface area (Å²) in [6, 6.07) is 9.00. The van der Waals surface area contributed by atoms with Crippen molar-refractivity contribution in [3.05, 3.63) is 70.5 Å². The van der Waals surface area contributed by atoms with Crippen LogP contribution in [0.1, 0.15) is 24.0 Å². The van der Waals surface area contributed by atoms with Crippen LogP contribution in [0, 0.1) is 5.92 Å². The summed E-state index contributed by atoms with van der Waals surface area (Å²) in [6.07, 6.45) is 8.54. The fourth-order valence-corrected chi connectivity index (χ4v) is 2.50. The van der Waals surface area contributed by atoms with Crippen molar-refractivity contribution in [2.75, 3.05) is 7.11 Å². The van der Waals surface area contributed by atoms with Gasteiger partial charge in [-0.3, -0.25) is 0 Å². The van der Waals surface area contributed by atoms with Crippen LogP contribution in [0.5, 0.6) is 0 Å². The molecule has 5 aliphatic rings. The van der Waals surface area contributed by atoms with Gasteiger partial charge in [-0.2, -0.15) is 0 Å². The molecule has 6 rings (SSSR count). The number of allylic oxidation sites excluding steroid dienone is 2. The number of hydrogen-bond acceptors (Lipinski definition) is 1. The Morgan fingerprint density at radius 2 is 1.50 bits per heavy atom. The van der Waals surface area contributed by atoms with E-state index in [2.05, 4.69) is 42.1 Å². The van der Waals surface area contributed by atoms with Crippen LogP contribution in [0.2, 0.25) is 0 Å². The molecule has 0 saturated carbocycles. The Morgan fingerprint density at radius 3 is 2.10 bits per heavy atom. The van der Waals surface area contributed by atoms with Crippen molar-refractivity contribution >= 4 is 0 Å². The summed E-state index contributed by atoms with van der Waals surface area (Å²) in [7, 11) is 1.73. The summed E-state index contributed by atoms with van der Waals surface area (Å²) in [4.78, 5) is 0. The van der Waals surface area contributed by atoms with Crippen LogP contribution in [0.3, 0.4) is 0 Å². The topological polar surface area (TPSA) is 9.23 Å². The molecule has 1 aromatic carbocycles. The van der Waals surface area contributed by atoms with Gasteiger partial charge >= 0.3 is 0 Å². The molecule has 3 heteroatoms. The summed E-state index contributed by atoms with van der Waals surface area (Å²) in [5.41, 5.74) is 7.43. The maximum atomic E-state index is 5.45. The summed E-state index contributed by atoms with van der Waals surface area (Å²) < 4.78 is 5.45. The van der Waals surface area contributed by atoms with Gasteiger partial charge in [0.15, 0.2) is 0 Å². The second kappa shape index (κ2) is 7.84. The summed E-state index contributed by atoms with van der Waals surface area (Å²) in [5.74, 6) is 2.17. The molecule has 0 aliphatic heterocycles. The predicted molar refractivity (Wildman–Crippen MR) is 73.0 cm³/mol. The van der Waals surface area contributed by atoms with Crippen molar-refractivity contribution in [1.29, 1.82) is 0 Å². The second-order valence-corrected chi connectivity index (χ2v) is 4.86. The average Bonchev–Trinajstić information content (AvgIpc) is 2.41. The SMILES string of the molecule is COC1=C=C2C=C[C]1CCc1ccc(cc1)CC2.[Cl-].[Zn]. The largest absolute Gasteiger partial charge is 1.00 e. The molecule has 1 nitrogen and oxygen atoms in total. The number of benzene rings is 1. The van der Waals surface area contributed by atoms with Crippen LogP contribution in [0.15, 0.2) is 53.5 Å². The molecule has 1 aromatic rings. The van der Waals surface area contributed by atoms with Crippen LogP contribution >= 0.6 is 0 Å². The monoisotopic (exact) mass is 336 g/mol. The second-order valence-electron chi connectivity index (χ2n) is 4.86. The van der Waals surface area contributed by atoms with E-state index in [1.807, 2.05) is 0 Å². The van der Waals surface area contributed by atoms with E-state index in [0.29, 0.717) is 0 Å². The zero-order valence-electron chi connectivity index (χ0n) is 11.8. The van der Waals surface area contributed by atoms with E-state index < -0.39 is 0 Å². The van der Waals surface area contributed by atoms with Crippen LogP contribution in [0.25, 0.3) is 0 Å². The quantitative estimate of drug-likeness (QED) is 0.543. The smallest absolute Gasteiger partial charge is 0.149 e. The van der Waals surface area contributed by atoms with Crippen LogP contribution in [-0.4, -0.2) is 7.11 Å². The molecule has 101 valence electrons. The Morgan fingerprint density at radius 1 is 0.900 bits per heavy atom. The average molecular weight is 338 g/mol. The first-order valence-corrected chi connectivity index (χ1v) is 6.51. The van der Waals surface area contributed by atoms with E-state index in [0.717, 1.165) is 31.4 Å². The molecule has 0 heterocycles. The number of halogens is 1. The number of ether oxygens (including phenoxy) is 1.